The molecule has 2 aromatic rings. The topological polar surface area (TPSA) is 70.6 Å². The Morgan fingerprint density at radius 2 is 1.81 bits per heavy atom. The zero-order valence-corrected chi connectivity index (χ0v) is 16.3. The molecule has 0 spiro atoms. The number of amidine groups is 1. The van der Waals surface area contributed by atoms with Gasteiger partial charge in [-0.05, 0) is 37.0 Å². The standard InChI is InChI=1S/C21H23N3O2S/c1-14-7-6-8-15(2)19(14)23-18(25)13-17-20(26)24-21(27-17)22-12-11-16-9-4-3-5-10-16/h3-10,17H,11-13H2,1-2H3,(H,23,25)(H,22,24,26)/t17-/m0/s1. The normalized spacial score (nSPS) is 17.8. The van der Waals surface area contributed by atoms with E-state index < -0.39 is 5.25 Å². The van der Waals surface area contributed by atoms with Crippen LogP contribution < -0.4 is 10.6 Å². The van der Waals surface area contributed by atoms with Gasteiger partial charge in [0, 0.05) is 18.7 Å². The van der Waals surface area contributed by atoms with Gasteiger partial charge in [0.2, 0.25) is 11.8 Å². The van der Waals surface area contributed by atoms with Gasteiger partial charge in [-0.15, -0.1) is 0 Å². The summed E-state index contributed by atoms with van der Waals surface area (Å²) in [5, 5.41) is 5.87. The number of carbonyl (C=O) groups excluding carboxylic acids is 2. The predicted molar refractivity (Wildman–Crippen MR) is 111 cm³/mol. The molecule has 0 unspecified atom stereocenters. The number of amides is 2. The van der Waals surface area contributed by atoms with Crippen LogP contribution in [-0.2, 0) is 16.0 Å². The molecule has 0 saturated carbocycles. The number of benzene rings is 2. The Morgan fingerprint density at radius 3 is 2.52 bits per heavy atom. The number of nitrogens with zero attached hydrogens (tertiary/aromatic N) is 1. The highest BCUT2D eigenvalue weighted by molar-refractivity contribution is 8.15. The summed E-state index contributed by atoms with van der Waals surface area (Å²) in [5.41, 5.74) is 4.05. The summed E-state index contributed by atoms with van der Waals surface area (Å²) in [7, 11) is 0. The summed E-state index contributed by atoms with van der Waals surface area (Å²) in [6.07, 6.45) is 0.945. The molecule has 1 saturated heterocycles. The van der Waals surface area contributed by atoms with Crippen molar-refractivity contribution in [2.45, 2.75) is 31.9 Å². The fourth-order valence-corrected chi connectivity index (χ4v) is 3.91. The van der Waals surface area contributed by atoms with Crippen LogP contribution in [0.25, 0.3) is 0 Å². The van der Waals surface area contributed by atoms with Crippen LogP contribution in [0.3, 0.4) is 0 Å². The van der Waals surface area contributed by atoms with Gasteiger partial charge in [-0.1, -0.05) is 60.3 Å². The molecule has 1 aliphatic heterocycles. The number of aliphatic imine (C=N–C) groups is 1. The first-order valence-electron chi connectivity index (χ1n) is 8.95. The Balaban J connectivity index is 1.53. The lowest BCUT2D eigenvalue weighted by Crippen LogP contribution is -2.28. The monoisotopic (exact) mass is 381 g/mol. The number of thioether (sulfide) groups is 1. The van der Waals surface area contributed by atoms with Gasteiger partial charge in [0.1, 0.15) is 5.25 Å². The number of hydrogen-bond donors (Lipinski definition) is 2. The summed E-state index contributed by atoms with van der Waals surface area (Å²) < 4.78 is 0. The molecule has 1 atom stereocenters. The molecule has 1 heterocycles. The molecule has 5 nitrogen and oxygen atoms in total. The van der Waals surface area contributed by atoms with Crippen molar-refractivity contribution in [3.8, 4) is 0 Å². The molecule has 2 aromatic carbocycles. The smallest absolute Gasteiger partial charge is 0.240 e. The molecule has 0 bridgehead atoms. The van der Waals surface area contributed by atoms with Crippen molar-refractivity contribution in [1.82, 2.24) is 5.32 Å². The molecule has 2 N–H and O–H groups in total. The molecule has 1 fully saturated rings. The van der Waals surface area contributed by atoms with E-state index in [-0.39, 0.29) is 18.2 Å². The third-order valence-corrected chi connectivity index (χ3v) is 5.51. The van der Waals surface area contributed by atoms with Crippen molar-refractivity contribution >= 4 is 34.4 Å². The summed E-state index contributed by atoms with van der Waals surface area (Å²) in [6.45, 7) is 4.52. The van der Waals surface area contributed by atoms with Crippen molar-refractivity contribution in [2.24, 2.45) is 4.99 Å². The van der Waals surface area contributed by atoms with Gasteiger partial charge in [-0.25, -0.2) is 0 Å². The second-order valence-corrected chi connectivity index (χ2v) is 7.73. The van der Waals surface area contributed by atoms with Crippen LogP contribution in [0.15, 0.2) is 53.5 Å². The average Bonchev–Trinajstić information content (AvgIpc) is 2.98. The molecule has 0 radical (unpaired) electrons. The number of nitrogens with one attached hydrogen (secondary N) is 2. The zero-order chi connectivity index (χ0) is 19.2. The highest BCUT2D eigenvalue weighted by atomic mass is 32.2. The zero-order valence-electron chi connectivity index (χ0n) is 15.5. The minimum Gasteiger partial charge on any atom is -0.326 e. The maximum absolute atomic E-state index is 12.4. The van der Waals surface area contributed by atoms with E-state index in [9.17, 15) is 9.59 Å². The van der Waals surface area contributed by atoms with Crippen LogP contribution in [0.1, 0.15) is 23.1 Å². The van der Waals surface area contributed by atoms with Crippen molar-refractivity contribution < 1.29 is 9.59 Å². The van der Waals surface area contributed by atoms with Gasteiger partial charge in [0.25, 0.3) is 0 Å². The molecule has 2 amide bonds. The van der Waals surface area contributed by atoms with Gasteiger partial charge in [0.05, 0.1) is 0 Å². The van der Waals surface area contributed by atoms with Crippen LogP contribution in [0, 0.1) is 13.8 Å². The number of aryl methyl sites for hydroxylation is 2. The lowest BCUT2D eigenvalue weighted by Gasteiger charge is -2.12. The summed E-state index contributed by atoms with van der Waals surface area (Å²) in [5.74, 6) is -0.319. The van der Waals surface area contributed by atoms with Crippen molar-refractivity contribution in [1.29, 1.82) is 0 Å². The first kappa shape index (κ1) is 19.2. The predicted octanol–water partition coefficient (Wildman–Crippen LogP) is 3.46. The molecular weight excluding hydrogens is 358 g/mol. The number of hydrogen-bond acceptors (Lipinski definition) is 4. The first-order chi connectivity index (χ1) is 13.0. The van der Waals surface area contributed by atoms with Crippen LogP contribution in [0.5, 0.6) is 0 Å². The van der Waals surface area contributed by atoms with Crippen molar-refractivity contribution in [3.05, 3.63) is 65.2 Å². The maximum atomic E-state index is 12.4. The van der Waals surface area contributed by atoms with Gasteiger partial charge in [-0.2, -0.15) is 0 Å². The summed E-state index contributed by atoms with van der Waals surface area (Å²) >= 11 is 1.33. The fraction of sp³-hybridized carbons (Fsp3) is 0.286. The van der Waals surface area contributed by atoms with Gasteiger partial charge in [0.15, 0.2) is 5.17 Å². The summed E-state index contributed by atoms with van der Waals surface area (Å²) in [6, 6.07) is 16.0. The highest BCUT2D eigenvalue weighted by Gasteiger charge is 2.32. The molecule has 3 rings (SSSR count). The highest BCUT2D eigenvalue weighted by Crippen LogP contribution is 2.24. The van der Waals surface area contributed by atoms with E-state index in [1.807, 2.05) is 50.2 Å². The van der Waals surface area contributed by atoms with E-state index >= 15 is 0 Å². The molecule has 1 aliphatic rings. The second kappa shape index (κ2) is 8.86. The van der Waals surface area contributed by atoms with Crippen LogP contribution in [-0.4, -0.2) is 28.8 Å². The van der Waals surface area contributed by atoms with Crippen LogP contribution in [0.2, 0.25) is 0 Å². The largest absolute Gasteiger partial charge is 0.326 e. The third kappa shape index (κ3) is 5.20. The van der Waals surface area contributed by atoms with Crippen LogP contribution in [0.4, 0.5) is 5.69 Å². The molecule has 0 aromatic heterocycles. The Bertz CT molecular complexity index is 845. The van der Waals surface area contributed by atoms with E-state index in [2.05, 4.69) is 27.8 Å². The minimum atomic E-state index is -0.440. The Labute approximate surface area is 163 Å². The van der Waals surface area contributed by atoms with Gasteiger partial charge < -0.3 is 10.6 Å². The number of rotatable bonds is 6. The molecular formula is C21H23N3O2S. The number of carbonyl (C=O) groups is 2. The lowest BCUT2D eigenvalue weighted by atomic mass is 10.1. The van der Waals surface area contributed by atoms with Crippen molar-refractivity contribution in [3.63, 3.8) is 0 Å². The van der Waals surface area contributed by atoms with Gasteiger partial charge >= 0.3 is 0 Å². The average molecular weight is 382 g/mol. The Hall–Kier alpha value is -2.60. The van der Waals surface area contributed by atoms with E-state index in [0.29, 0.717) is 11.7 Å². The minimum absolute atomic E-state index is 0.127. The SMILES string of the molecule is Cc1cccc(C)c1NC(=O)C[C@@H]1SC(=NCCc2ccccc2)NC1=O. The quantitative estimate of drug-likeness (QED) is 0.805. The van der Waals surface area contributed by atoms with E-state index in [1.54, 1.807) is 0 Å². The Kier molecular flexibility index (Phi) is 6.29. The lowest BCUT2D eigenvalue weighted by molar-refractivity contribution is -0.122. The Morgan fingerprint density at radius 1 is 1.11 bits per heavy atom. The molecule has 27 heavy (non-hydrogen) atoms. The van der Waals surface area contributed by atoms with E-state index in [1.165, 1.54) is 17.3 Å². The number of para-hydroxylation sites is 1. The molecule has 140 valence electrons. The maximum Gasteiger partial charge on any atom is 0.240 e. The van der Waals surface area contributed by atoms with Crippen molar-refractivity contribution in [2.75, 3.05) is 11.9 Å². The first-order valence-corrected chi connectivity index (χ1v) is 9.83. The number of anilines is 1. The van der Waals surface area contributed by atoms with Crippen LogP contribution >= 0.6 is 11.8 Å². The van der Waals surface area contributed by atoms with E-state index in [4.69, 9.17) is 0 Å². The summed E-state index contributed by atoms with van der Waals surface area (Å²) in [4.78, 5) is 29.0. The fourth-order valence-electron chi connectivity index (χ4n) is 2.92. The van der Waals surface area contributed by atoms with Gasteiger partial charge in [-0.3, -0.25) is 14.6 Å². The molecule has 6 heteroatoms. The van der Waals surface area contributed by atoms with E-state index in [0.717, 1.165) is 23.2 Å². The second-order valence-electron chi connectivity index (χ2n) is 6.54. The third-order valence-electron chi connectivity index (χ3n) is 4.39. The molecule has 0 aliphatic carbocycles.